The third-order valence-electron chi connectivity index (χ3n) is 3.71. The van der Waals surface area contributed by atoms with Gasteiger partial charge in [-0.05, 0) is 12.8 Å². The van der Waals surface area contributed by atoms with Crippen molar-refractivity contribution in [3.05, 3.63) is 0 Å². The van der Waals surface area contributed by atoms with Crippen molar-refractivity contribution in [1.29, 1.82) is 0 Å². The van der Waals surface area contributed by atoms with Crippen LogP contribution in [0.1, 0.15) is 26.7 Å². The number of ether oxygens (including phenoxy) is 2. The topological polar surface area (TPSA) is 107 Å². The molecule has 146 valence electrons. The molecule has 4 unspecified atom stereocenters. The van der Waals surface area contributed by atoms with E-state index in [2.05, 4.69) is 4.74 Å². The van der Waals surface area contributed by atoms with Gasteiger partial charge in [-0.25, -0.2) is 0 Å². The monoisotopic (exact) mass is 398 g/mol. The summed E-state index contributed by atoms with van der Waals surface area (Å²) in [5.41, 5.74) is 0. The average molecular weight is 398 g/mol. The van der Waals surface area contributed by atoms with Gasteiger partial charge in [0.15, 0.2) is 0 Å². The van der Waals surface area contributed by atoms with Crippen molar-refractivity contribution < 1.29 is 54.0 Å². The van der Waals surface area contributed by atoms with Crippen LogP contribution >= 0.6 is 0 Å². The molecule has 1 aliphatic heterocycles. The van der Waals surface area contributed by atoms with E-state index in [0.717, 1.165) is 6.92 Å². The molecule has 7 nitrogen and oxygen atoms in total. The first kappa shape index (κ1) is 21.5. The van der Waals surface area contributed by atoms with Crippen LogP contribution in [0.2, 0.25) is 0 Å². The summed E-state index contributed by atoms with van der Waals surface area (Å²) in [4.78, 5) is 23.4. The molecule has 1 fully saturated rings. The molecular formula is C12H15F5O7S. The molecule has 0 aromatic heterocycles. The fourth-order valence-corrected chi connectivity index (χ4v) is 2.64. The van der Waals surface area contributed by atoms with Crippen LogP contribution in [0.3, 0.4) is 0 Å². The Bertz CT molecular complexity index is 630. The molecule has 1 aliphatic rings. The van der Waals surface area contributed by atoms with Gasteiger partial charge in [-0.2, -0.15) is 30.4 Å². The van der Waals surface area contributed by atoms with Gasteiger partial charge < -0.3 is 9.47 Å². The Morgan fingerprint density at radius 3 is 2.24 bits per heavy atom. The van der Waals surface area contributed by atoms with Gasteiger partial charge in [0, 0.05) is 0 Å². The van der Waals surface area contributed by atoms with Gasteiger partial charge in [-0.3, -0.25) is 14.1 Å². The smallest absolute Gasteiger partial charge is 0.432 e. The predicted octanol–water partition coefficient (Wildman–Crippen LogP) is 1.92. The zero-order chi connectivity index (χ0) is 19.8. The minimum Gasteiger partial charge on any atom is -0.462 e. The van der Waals surface area contributed by atoms with Gasteiger partial charge in [0.05, 0.1) is 11.8 Å². The SMILES string of the molecule is CCC1CC(C(C)C(=O)OC(C(F)(F)F)C(F)(F)S(=O)(=O)O)C(=O)O1. The second kappa shape index (κ2) is 7.02. The van der Waals surface area contributed by atoms with E-state index >= 15 is 0 Å². The Kier molecular flexibility index (Phi) is 6.05. The molecule has 0 aromatic carbocycles. The standard InChI is InChI=1S/C12H15F5O7S/c1-3-6-4-7(9(19)23-6)5(2)8(18)24-10(11(13,14)15)12(16,17)25(20,21)22/h5-7,10H,3-4H2,1-2H3,(H,20,21,22). The summed E-state index contributed by atoms with van der Waals surface area (Å²) in [5, 5.41) is -5.82. The van der Waals surface area contributed by atoms with Crippen LogP contribution in [0.5, 0.6) is 0 Å². The number of halogens is 5. The summed E-state index contributed by atoms with van der Waals surface area (Å²) >= 11 is 0. The van der Waals surface area contributed by atoms with Gasteiger partial charge in [0.1, 0.15) is 6.10 Å². The van der Waals surface area contributed by atoms with Crippen LogP contribution in [0, 0.1) is 11.8 Å². The molecule has 1 heterocycles. The Hall–Kier alpha value is -1.50. The van der Waals surface area contributed by atoms with Crippen molar-refractivity contribution in [2.24, 2.45) is 11.8 Å². The van der Waals surface area contributed by atoms with Crippen molar-refractivity contribution in [3.8, 4) is 0 Å². The summed E-state index contributed by atoms with van der Waals surface area (Å²) < 4.78 is 103. The Balaban J connectivity index is 3.02. The first-order chi connectivity index (χ1) is 11.1. The van der Waals surface area contributed by atoms with E-state index in [4.69, 9.17) is 9.29 Å². The van der Waals surface area contributed by atoms with Crippen LogP contribution < -0.4 is 0 Å². The van der Waals surface area contributed by atoms with E-state index in [1.807, 2.05) is 0 Å². The summed E-state index contributed by atoms with van der Waals surface area (Å²) in [6.07, 6.45) is -10.7. The van der Waals surface area contributed by atoms with E-state index < -0.39 is 57.5 Å². The van der Waals surface area contributed by atoms with Crippen LogP contribution in [0.25, 0.3) is 0 Å². The van der Waals surface area contributed by atoms with Crippen molar-refractivity contribution in [2.45, 2.75) is 50.3 Å². The maximum Gasteiger partial charge on any atom is 0.432 e. The average Bonchev–Trinajstić information content (AvgIpc) is 2.82. The highest BCUT2D eigenvalue weighted by Crippen LogP contribution is 2.39. The van der Waals surface area contributed by atoms with Crippen LogP contribution in [0.15, 0.2) is 0 Å². The molecule has 25 heavy (non-hydrogen) atoms. The first-order valence-corrected chi connectivity index (χ1v) is 8.39. The second-order valence-corrected chi connectivity index (χ2v) is 6.99. The number of carbonyl (C=O) groups excluding carboxylic acids is 2. The maximum absolute atomic E-state index is 13.4. The molecule has 0 bridgehead atoms. The van der Waals surface area contributed by atoms with Gasteiger partial charge in [-0.15, -0.1) is 0 Å². The van der Waals surface area contributed by atoms with E-state index in [1.54, 1.807) is 6.92 Å². The molecule has 4 atom stereocenters. The number of hydrogen-bond donors (Lipinski definition) is 1. The molecule has 0 spiro atoms. The zero-order valence-electron chi connectivity index (χ0n) is 12.9. The number of rotatable bonds is 6. The molecular weight excluding hydrogens is 383 g/mol. The van der Waals surface area contributed by atoms with Crippen molar-refractivity contribution >= 4 is 22.1 Å². The van der Waals surface area contributed by atoms with Gasteiger partial charge in [-0.1, -0.05) is 13.8 Å². The molecule has 0 aliphatic carbocycles. The summed E-state index contributed by atoms with van der Waals surface area (Å²) in [7, 11) is -6.52. The lowest BCUT2D eigenvalue weighted by atomic mass is 9.90. The van der Waals surface area contributed by atoms with Gasteiger partial charge in [0.25, 0.3) is 6.10 Å². The molecule has 1 saturated heterocycles. The number of alkyl halides is 5. The number of cyclic esters (lactones) is 1. The molecule has 0 saturated carbocycles. The van der Waals surface area contributed by atoms with E-state index in [1.165, 1.54) is 0 Å². The number of hydrogen-bond acceptors (Lipinski definition) is 6. The lowest BCUT2D eigenvalue weighted by Crippen LogP contribution is -2.52. The number of esters is 2. The Labute approximate surface area is 139 Å². The van der Waals surface area contributed by atoms with E-state index in [-0.39, 0.29) is 6.42 Å². The van der Waals surface area contributed by atoms with Crippen LogP contribution in [0.4, 0.5) is 22.0 Å². The fourth-order valence-electron chi connectivity index (χ4n) is 2.19. The van der Waals surface area contributed by atoms with Gasteiger partial charge >= 0.3 is 33.5 Å². The maximum atomic E-state index is 13.4. The van der Waals surface area contributed by atoms with E-state index in [9.17, 15) is 40.0 Å². The molecule has 0 amide bonds. The van der Waals surface area contributed by atoms with Crippen molar-refractivity contribution in [3.63, 3.8) is 0 Å². The summed E-state index contributed by atoms with van der Waals surface area (Å²) in [5.74, 6) is -5.58. The molecule has 0 aromatic rings. The minimum absolute atomic E-state index is 0.0308. The highest BCUT2D eigenvalue weighted by molar-refractivity contribution is 7.86. The normalized spacial score (nSPS) is 24.6. The highest BCUT2D eigenvalue weighted by Gasteiger charge is 2.66. The third kappa shape index (κ3) is 4.57. The quantitative estimate of drug-likeness (QED) is 0.414. The Morgan fingerprint density at radius 2 is 1.88 bits per heavy atom. The molecule has 1 N–H and O–H groups in total. The second-order valence-electron chi connectivity index (χ2n) is 5.49. The molecule has 1 rings (SSSR count). The Morgan fingerprint density at radius 1 is 1.36 bits per heavy atom. The summed E-state index contributed by atoms with van der Waals surface area (Å²) in [6, 6.07) is 0. The zero-order valence-corrected chi connectivity index (χ0v) is 13.7. The van der Waals surface area contributed by atoms with Crippen LogP contribution in [-0.4, -0.2) is 48.5 Å². The first-order valence-electron chi connectivity index (χ1n) is 6.95. The van der Waals surface area contributed by atoms with Gasteiger partial charge in [0.2, 0.25) is 0 Å². The van der Waals surface area contributed by atoms with Crippen molar-refractivity contribution in [2.75, 3.05) is 0 Å². The number of carbonyl (C=O) groups is 2. The fraction of sp³-hybridized carbons (Fsp3) is 0.833. The minimum atomic E-state index is -6.52. The van der Waals surface area contributed by atoms with Crippen LogP contribution in [-0.2, 0) is 29.2 Å². The van der Waals surface area contributed by atoms with Crippen molar-refractivity contribution in [1.82, 2.24) is 0 Å². The van der Waals surface area contributed by atoms with E-state index in [0.29, 0.717) is 6.42 Å². The largest absolute Gasteiger partial charge is 0.462 e. The lowest BCUT2D eigenvalue weighted by molar-refractivity contribution is -0.261. The highest BCUT2D eigenvalue weighted by atomic mass is 32.2. The molecule has 13 heteroatoms. The third-order valence-corrected chi connectivity index (χ3v) is 4.62. The summed E-state index contributed by atoms with van der Waals surface area (Å²) in [6.45, 7) is 2.61. The lowest BCUT2D eigenvalue weighted by Gasteiger charge is -2.27. The predicted molar refractivity (Wildman–Crippen MR) is 69.9 cm³/mol. The molecule has 0 radical (unpaired) electrons.